The van der Waals surface area contributed by atoms with Crippen LogP contribution in [0.5, 0.6) is 0 Å². The van der Waals surface area contributed by atoms with Crippen molar-refractivity contribution >= 4 is 29.4 Å². The summed E-state index contributed by atoms with van der Waals surface area (Å²) in [5.41, 5.74) is 1.88. The molecule has 2 saturated heterocycles. The summed E-state index contributed by atoms with van der Waals surface area (Å²) >= 11 is 0. The Balaban J connectivity index is 1.24. The van der Waals surface area contributed by atoms with Gasteiger partial charge in [0, 0.05) is 38.1 Å². The Labute approximate surface area is 225 Å². The molecule has 0 N–H and O–H groups in total. The first-order chi connectivity index (χ1) is 18.5. The van der Waals surface area contributed by atoms with Crippen LogP contribution in [0.4, 0.5) is 5.69 Å². The van der Waals surface area contributed by atoms with Crippen LogP contribution in [0.1, 0.15) is 98.3 Å². The fraction of sp³-hybridized carbons (Fsp3) is 0.667. The SMILES string of the molecule is CCOC(=O)C1CCCN(C(=O)C2CCN(c3cccc4c3C(=O)N(C3CCCCCCC3)C4=O)CC2)C1. The molecule has 4 aliphatic rings. The van der Waals surface area contributed by atoms with Crippen LogP contribution < -0.4 is 4.90 Å². The van der Waals surface area contributed by atoms with E-state index in [0.29, 0.717) is 56.8 Å². The Morgan fingerprint density at radius 2 is 1.55 bits per heavy atom. The maximum absolute atomic E-state index is 13.7. The monoisotopic (exact) mass is 523 g/mol. The van der Waals surface area contributed by atoms with Crippen molar-refractivity contribution in [3.8, 4) is 0 Å². The van der Waals surface area contributed by atoms with Gasteiger partial charge in [0.15, 0.2) is 0 Å². The van der Waals surface area contributed by atoms with E-state index in [9.17, 15) is 19.2 Å². The van der Waals surface area contributed by atoms with Gasteiger partial charge in [0.05, 0.1) is 29.3 Å². The van der Waals surface area contributed by atoms with Gasteiger partial charge in [0.2, 0.25) is 5.91 Å². The molecule has 206 valence electrons. The van der Waals surface area contributed by atoms with Crippen LogP contribution in [-0.2, 0) is 14.3 Å². The topological polar surface area (TPSA) is 87.2 Å². The van der Waals surface area contributed by atoms with Crippen molar-refractivity contribution in [3.63, 3.8) is 0 Å². The zero-order valence-electron chi connectivity index (χ0n) is 22.7. The third-order valence-corrected chi connectivity index (χ3v) is 8.90. The highest BCUT2D eigenvalue weighted by Crippen LogP contribution is 2.37. The van der Waals surface area contributed by atoms with Crippen LogP contribution in [0, 0.1) is 11.8 Å². The van der Waals surface area contributed by atoms with E-state index in [1.54, 1.807) is 17.9 Å². The molecule has 8 heteroatoms. The number of fused-ring (bicyclic) bond motifs is 1. The summed E-state index contributed by atoms with van der Waals surface area (Å²) in [5, 5.41) is 0. The van der Waals surface area contributed by atoms with Gasteiger partial charge in [-0.05, 0) is 57.6 Å². The summed E-state index contributed by atoms with van der Waals surface area (Å²) < 4.78 is 5.19. The second-order valence-electron chi connectivity index (χ2n) is 11.3. The van der Waals surface area contributed by atoms with E-state index in [1.807, 2.05) is 17.0 Å². The minimum Gasteiger partial charge on any atom is -0.466 e. The van der Waals surface area contributed by atoms with Crippen LogP contribution in [0.3, 0.4) is 0 Å². The van der Waals surface area contributed by atoms with Crippen molar-refractivity contribution < 1.29 is 23.9 Å². The second-order valence-corrected chi connectivity index (χ2v) is 11.3. The summed E-state index contributed by atoms with van der Waals surface area (Å²) in [6, 6.07) is 5.60. The molecule has 1 unspecified atom stereocenters. The van der Waals surface area contributed by atoms with Crippen molar-refractivity contribution in [2.75, 3.05) is 37.7 Å². The molecule has 1 aromatic rings. The summed E-state index contributed by atoms with van der Waals surface area (Å²) in [6.07, 6.45) is 10.4. The van der Waals surface area contributed by atoms with Crippen LogP contribution >= 0.6 is 0 Å². The molecule has 3 heterocycles. The highest BCUT2D eigenvalue weighted by molar-refractivity contribution is 6.24. The Bertz CT molecular complexity index is 1060. The molecular weight excluding hydrogens is 482 g/mol. The molecule has 0 radical (unpaired) electrons. The fourth-order valence-electron chi connectivity index (χ4n) is 6.83. The zero-order valence-corrected chi connectivity index (χ0v) is 22.7. The minimum atomic E-state index is -0.232. The third-order valence-electron chi connectivity index (χ3n) is 8.90. The van der Waals surface area contributed by atoms with E-state index < -0.39 is 0 Å². The average molecular weight is 524 g/mol. The van der Waals surface area contributed by atoms with Gasteiger partial charge in [-0.2, -0.15) is 0 Å². The van der Waals surface area contributed by atoms with Crippen molar-refractivity contribution in [3.05, 3.63) is 29.3 Å². The first-order valence-corrected chi connectivity index (χ1v) is 14.7. The average Bonchev–Trinajstić information content (AvgIpc) is 3.18. The summed E-state index contributed by atoms with van der Waals surface area (Å²) in [4.78, 5) is 58.1. The van der Waals surface area contributed by atoms with Gasteiger partial charge in [0.1, 0.15) is 0 Å². The van der Waals surface area contributed by atoms with Gasteiger partial charge < -0.3 is 14.5 Å². The molecule has 1 aliphatic carbocycles. The van der Waals surface area contributed by atoms with Crippen LogP contribution in [0.15, 0.2) is 18.2 Å². The quantitative estimate of drug-likeness (QED) is 0.420. The number of benzene rings is 1. The van der Waals surface area contributed by atoms with Crippen molar-refractivity contribution in [2.24, 2.45) is 11.8 Å². The number of carbonyl (C=O) groups is 4. The van der Waals surface area contributed by atoms with E-state index >= 15 is 0 Å². The van der Waals surface area contributed by atoms with Crippen LogP contribution in [0.2, 0.25) is 0 Å². The molecule has 1 atom stereocenters. The van der Waals surface area contributed by atoms with Gasteiger partial charge in [0.25, 0.3) is 11.8 Å². The van der Waals surface area contributed by atoms with E-state index in [0.717, 1.165) is 44.2 Å². The molecule has 3 aliphatic heterocycles. The Kier molecular flexibility index (Phi) is 8.34. The number of rotatable bonds is 5. The number of likely N-dealkylation sites (tertiary alicyclic amines) is 1. The number of carbonyl (C=O) groups excluding carboxylic acids is 4. The lowest BCUT2D eigenvalue weighted by molar-refractivity contribution is -0.152. The number of hydrogen-bond donors (Lipinski definition) is 0. The van der Waals surface area contributed by atoms with Gasteiger partial charge in [-0.1, -0.05) is 38.2 Å². The number of esters is 1. The van der Waals surface area contributed by atoms with E-state index in [4.69, 9.17) is 4.74 Å². The Morgan fingerprint density at radius 3 is 2.26 bits per heavy atom. The number of hydrogen-bond acceptors (Lipinski definition) is 6. The molecule has 0 spiro atoms. The Morgan fingerprint density at radius 1 is 0.842 bits per heavy atom. The molecule has 0 bridgehead atoms. The lowest BCUT2D eigenvalue weighted by Crippen LogP contribution is -2.47. The molecular formula is C30H41N3O5. The number of ether oxygens (including phenoxy) is 1. The summed E-state index contributed by atoms with van der Waals surface area (Å²) in [6.45, 7) is 4.61. The standard InChI is InChI=1S/C30H41N3O5/c1-2-38-30(37)22-10-9-17-32(20-22)27(34)21-15-18-31(19-16-21)25-14-8-13-24-26(25)29(36)33(28(24)35)23-11-6-4-3-5-7-12-23/h8,13-14,21-23H,2-7,9-12,15-20H2,1H3. The minimum absolute atomic E-state index is 0.0121. The van der Waals surface area contributed by atoms with Gasteiger partial charge in [-0.3, -0.25) is 24.1 Å². The third kappa shape index (κ3) is 5.32. The van der Waals surface area contributed by atoms with E-state index in [2.05, 4.69) is 4.90 Å². The Hall–Kier alpha value is -2.90. The zero-order chi connectivity index (χ0) is 26.6. The van der Waals surface area contributed by atoms with Gasteiger partial charge in [-0.15, -0.1) is 0 Å². The number of anilines is 1. The number of nitrogens with zero attached hydrogens (tertiary/aromatic N) is 3. The molecule has 3 amide bonds. The fourth-order valence-corrected chi connectivity index (χ4v) is 6.83. The first-order valence-electron chi connectivity index (χ1n) is 14.7. The van der Waals surface area contributed by atoms with Crippen molar-refractivity contribution in [1.82, 2.24) is 9.80 Å². The maximum atomic E-state index is 13.7. The number of amides is 3. The highest BCUT2D eigenvalue weighted by atomic mass is 16.5. The molecule has 38 heavy (non-hydrogen) atoms. The van der Waals surface area contributed by atoms with Crippen molar-refractivity contribution in [1.29, 1.82) is 0 Å². The molecule has 8 nitrogen and oxygen atoms in total. The molecule has 0 aromatic heterocycles. The van der Waals surface area contributed by atoms with Crippen LogP contribution in [-0.4, -0.2) is 72.3 Å². The highest BCUT2D eigenvalue weighted by Gasteiger charge is 2.42. The van der Waals surface area contributed by atoms with E-state index in [1.165, 1.54) is 19.3 Å². The largest absolute Gasteiger partial charge is 0.466 e. The lowest BCUT2D eigenvalue weighted by Gasteiger charge is -2.38. The first kappa shape index (κ1) is 26.7. The molecule has 1 aromatic carbocycles. The van der Waals surface area contributed by atoms with Gasteiger partial charge >= 0.3 is 5.97 Å². The maximum Gasteiger partial charge on any atom is 0.310 e. The molecule has 3 fully saturated rings. The van der Waals surface area contributed by atoms with Crippen LogP contribution in [0.25, 0.3) is 0 Å². The predicted molar refractivity (Wildman–Crippen MR) is 144 cm³/mol. The van der Waals surface area contributed by atoms with Gasteiger partial charge in [-0.25, -0.2) is 0 Å². The summed E-state index contributed by atoms with van der Waals surface area (Å²) in [5.74, 6) is -0.702. The van der Waals surface area contributed by atoms with E-state index in [-0.39, 0.29) is 41.6 Å². The number of imide groups is 1. The predicted octanol–water partition coefficient (Wildman–Crippen LogP) is 4.41. The molecule has 1 saturated carbocycles. The van der Waals surface area contributed by atoms with Crippen molar-refractivity contribution in [2.45, 2.75) is 83.6 Å². The lowest BCUT2D eigenvalue weighted by atomic mass is 9.91. The summed E-state index contributed by atoms with van der Waals surface area (Å²) in [7, 11) is 0. The number of piperidine rings is 2. The molecule has 5 rings (SSSR count). The normalized spacial score (nSPS) is 23.7. The second kappa shape index (κ2) is 11.9. The smallest absolute Gasteiger partial charge is 0.310 e.